The minimum absolute atomic E-state index is 0.0521. The van der Waals surface area contributed by atoms with Crippen LogP contribution in [0, 0.1) is 0 Å². The highest BCUT2D eigenvalue weighted by Gasteiger charge is 2.20. The molecular weight excluding hydrogens is 308 g/mol. The van der Waals surface area contributed by atoms with Gasteiger partial charge in [-0.2, -0.15) is 0 Å². The van der Waals surface area contributed by atoms with E-state index < -0.39 is 6.04 Å². The van der Waals surface area contributed by atoms with Gasteiger partial charge in [0.15, 0.2) is 0 Å². The van der Waals surface area contributed by atoms with Gasteiger partial charge in [0.05, 0.1) is 6.04 Å². The van der Waals surface area contributed by atoms with Crippen molar-refractivity contribution in [2.75, 3.05) is 47.3 Å². The molecule has 0 unspecified atom stereocenters. The molecule has 7 N–H and O–H groups in total. The number of hydrogen-bond donors (Lipinski definition) is 6. The van der Waals surface area contributed by atoms with Crippen LogP contribution in [0.4, 0.5) is 0 Å². The Labute approximate surface area is 146 Å². The fourth-order valence-electron chi connectivity index (χ4n) is 2.31. The highest BCUT2D eigenvalue weighted by Crippen LogP contribution is 2.04. The molecule has 0 aliphatic rings. The predicted octanol–water partition coefficient (Wildman–Crippen LogP) is -1.48. The van der Waals surface area contributed by atoms with Gasteiger partial charge in [0.1, 0.15) is 0 Å². The molecule has 2 atom stereocenters. The molecule has 2 amide bonds. The molecule has 0 saturated heterocycles. The lowest BCUT2D eigenvalue weighted by atomic mass is 10.1. The molecule has 0 saturated carbocycles. The molecule has 0 bridgehead atoms. The molecule has 8 heteroatoms. The lowest BCUT2D eigenvalue weighted by Crippen LogP contribution is -2.47. The Hall–Kier alpha value is -1.22. The summed E-state index contributed by atoms with van der Waals surface area (Å²) in [4.78, 5) is 24.2. The molecule has 0 aromatic carbocycles. The fourth-order valence-corrected chi connectivity index (χ4v) is 2.31. The van der Waals surface area contributed by atoms with E-state index in [0.717, 1.165) is 38.9 Å². The Bertz CT molecular complexity index is 341. The largest absolute Gasteiger partial charge is 0.355 e. The number of carbonyl (C=O) groups excluding carboxylic acids is 2. The van der Waals surface area contributed by atoms with Crippen LogP contribution in [0.5, 0.6) is 0 Å². The van der Waals surface area contributed by atoms with E-state index >= 15 is 0 Å². The minimum atomic E-state index is -0.530. The van der Waals surface area contributed by atoms with Crippen LogP contribution in [-0.2, 0) is 9.59 Å². The van der Waals surface area contributed by atoms with Crippen LogP contribution in [0.25, 0.3) is 0 Å². The molecule has 0 heterocycles. The Morgan fingerprint density at radius 3 is 2.04 bits per heavy atom. The third-order valence-corrected chi connectivity index (χ3v) is 3.73. The van der Waals surface area contributed by atoms with E-state index in [1.807, 2.05) is 21.1 Å². The molecule has 24 heavy (non-hydrogen) atoms. The lowest BCUT2D eigenvalue weighted by molar-refractivity contribution is -0.124. The van der Waals surface area contributed by atoms with Gasteiger partial charge in [0.25, 0.3) is 0 Å². The second kappa shape index (κ2) is 15.3. The molecular formula is C16H36N6O2. The van der Waals surface area contributed by atoms with Crippen molar-refractivity contribution in [1.29, 1.82) is 0 Å². The van der Waals surface area contributed by atoms with Crippen molar-refractivity contribution < 1.29 is 9.59 Å². The molecule has 0 radical (unpaired) electrons. The number of amides is 2. The minimum Gasteiger partial charge on any atom is -0.355 e. The van der Waals surface area contributed by atoms with Gasteiger partial charge in [-0.3, -0.25) is 9.59 Å². The zero-order chi connectivity index (χ0) is 18.2. The maximum absolute atomic E-state index is 12.2. The number of carbonyl (C=O) groups is 2. The van der Waals surface area contributed by atoms with Crippen molar-refractivity contribution in [3.8, 4) is 0 Å². The Morgan fingerprint density at radius 2 is 1.46 bits per heavy atom. The summed E-state index contributed by atoms with van der Waals surface area (Å²) in [6.07, 6.45) is 3.39. The molecule has 8 nitrogen and oxygen atoms in total. The van der Waals surface area contributed by atoms with Crippen LogP contribution >= 0.6 is 0 Å². The van der Waals surface area contributed by atoms with Crippen LogP contribution in [0.1, 0.15) is 32.1 Å². The third-order valence-electron chi connectivity index (χ3n) is 3.73. The summed E-state index contributed by atoms with van der Waals surface area (Å²) in [7, 11) is 5.59. The van der Waals surface area contributed by atoms with E-state index in [9.17, 15) is 9.59 Å². The van der Waals surface area contributed by atoms with Gasteiger partial charge >= 0.3 is 0 Å². The number of hydrogen-bond acceptors (Lipinski definition) is 6. The number of rotatable bonds is 15. The first kappa shape index (κ1) is 22.8. The monoisotopic (exact) mass is 344 g/mol. The summed E-state index contributed by atoms with van der Waals surface area (Å²) in [6.45, 7) is 2.98. The van der Waals surface area contributed by atoms with Gasteiger partial charge in [0.2, 0.25) is 11.8 Å². The van der Waals surface area contributed by atoms with Crippen LogP contribution in [0.15, 0.2) is 0 Å². The van der Waals surface area contributed by atoms with Gasteiger partial charge in [0, 0.05) is 25.6 Å². The van der Waals surface area contributed by atoms with Crippen LogP contribution < -0.4 is 32.3 Å². The van der Waals surface area contributed by atoms with E-state index in [-0.39, 0.29) is 24.3 Å². The molecule has 0 rings (SSSR count). The van der Waals surface area contributed by atoms with E-state index in [4.69, 9.17) is 5.73 Å². The average molecular weight is 345 g/mol. The van der Waals surface area contributed by atoms with Crippen LogP contribution in [-0.4, -0.2) is 71.2 Å². The van der Waals surface area contributed by atoms with Crippen molar-refractivity contribution in [3.63, 3.8) is 0 Å². The molecule has 142 valence electrons. The van der Waals surface area contributed by atoms with Crippen molar-refractivity contribution in [2.24, 2.45) is 5.73 Å². The smallest absolute Gasteiger partial charge is 0.237 e. The zero-order valence-electron chi connectivity index (χ0n) is 15.4. The van der Waals surface area contributed by atoms with Gasteiger partial charge in [-0.25, -0.2) is 0 Å². The standard InChI is InChI=1S/C16H36N6O2/c1-18-8-4-6-13(12-15(23)21-11-10-20-3)22-16(24)14(17)7-5-9-19-2/h13-14,18-20H,4-12,17H2,1-3H3,(H,21,23)(H,22,24)/t13-,14-/m0/s1. The van der Waals surface area contributed by atoms with Crippen molar-refractivity contribution in [2.45, 2.75) is 44.2 Å². The van der Waals surface area contributed by atoms with E-state index in [0.29, 0.717) is 13.0 Å². The molecule has 0 aliphatic carbocycles. The Kier molecular flexibility index (Phi) is 14.5. The second-order valence-corrected chi connectivity index (χ2v) is 5.96. The summed E-state index contributed by atoms with van der Waals surface area (Å²) in [5.41, 5.74) is 5.93. The van der Waals surface area contributed by atoms with Crippen molar-refractivity contribution >= 4 is 11.8 Å². The summed E-state index contributed by atoms with van der Waals surface area (Å²) in [5.74, 6) is -0.229. The maximum atomic E-state index is 12.2. The highest BCUT2D eigenvalue weighted by atomic mass is 16.2. The number of nitrogens with one attached hydrogen (secondary N) is 5. The van der Waals surface area contributed by atoms with Crippen molar-refractivity contribution in [3.05, 3.63) is 0 Å². The van der Waals surface area contributed by atoms with Crippen LogP contribution in [0.2, 0.25) is 0 Å². The Balaban J connectivity index is 4.36. The normalized spacial score (nSPS) is 13.3. The second-order valence-electron chi connectivity index (χ2n) is 5.96. The van der Waals surface area contributed by atoms with E-state index in [1.54, 1.807) is 0 Å². The summed E-state index contributed by atoms with van der Waals surface area (Å²) in [5, 5.41) is 14.9. The average Bonchev–Trinajstić information content (AvgIpc) is 2.55. The first-order valence-corrected chi connectivity index (χ1v) is 8.81. The third kappa shape index (κ3) is 12.2. The van der Waals surface area contributed by atoms with Gasteiger partial charge in [-0.15, -0.1) is 0 Å². The zero-order valence-corrected chi connectivity index (χ0v) is 15.4. The molecule has 0 fully saturated rings. The fraction of sp³-hybridized carbons (Fsp3) is 0.875. The highest BCUT2D eigenvalue weighted by molar-refractivity contribution is 5.83. The maximum Gasteiger partial charge on any atom is 0.237 e. The summed E-state index contributed by atoms with van der Waals surface area (Å²) in [6, 6.07) is -0.715. The first-order chi connectivity index (χ1) is 11.5. The molecule has 0 spiro atoms. The van der Waals surface area contributed by atoms with Crippen molar-refractivity contribution in [1.82, 2.24) is 26.6 Å². The number of nitrogens with two attached hydrogens (primary N) is 1. The molecule has 0 aromatic heterocycles. The van der Waals surface area contributed by atoms with Gasteiger partial charge < -0.3 is 32.3 Å². The first-order valence-electron chi connectivity index (χ1n) is 8.81. The van der Waals surface area contributed by atoms with Gasteiger partial charge in [-0.05, 0) is 59.9 Å². The predicted molar refractivity (Wildman–Crippen MR) is 97.8 cm³/mol. The lowest BCUT2D eigenvalue weighted by Gasteiger charge is -2.21. The summed E-state index contributed by atoms with van der Waals surface area (Å²) >= 11 is 0. The van der Waals surface area contributed by atoms with E-state index in [2.05, 4.69) is 26.6 Å². The molecule has 0 aliphatic heterocycles. The van der Waals surface area contributed by atoms with E-state index in [1.165, 1.54) is 0 Å². The van der Waals surface area contributed by atoms with Crippen LogP contribution in [0.3, 0.4) is 0 Å². The van der Waals surface area contributed by atoms with Gasteiger partial charge in [-0.1, -0.05) is 0 Å². The Morgan fingerprint density at radius 1 is 0.875 bits per heavy atom. The molecule has 0 aromatic rings. The SMILES string of the molecule is CNCCC[C@@H](CC(=O)NCCNC)NC(=O)[C@@H](N)CCCNC. The quantitative estimate of drug-likeness (QED) is 0.202. The number of likely N-dealkylation sites (N-methyl/N-ethyl adjacent to an activating group) is 1. The topological polar surface area (TPSA) is 120 Å². The summed E-state index contributed by atoms with van der Waals surface area (Å²) < 4.78 is 0.